The third-order valence-electron chi connectivity index (χ3n) is 4.11. The molecule has 0 radical (unpaired) electrons. The van der Waals surface area contributed by atoms with Crippen molar-refractivity contribution in [2.24, 2.45) is 0 Å². The molecule has 4 heteroatoms. The van der Waals surface area contributed by atoms with Crippen LogP contribution in [0.2, 0.25) is 0 Å². The smallest absolute Gasteiger partial charge is 0.330 e. The number of hydrogen-bond donors (Lipinski definition) is 1. The molecule has 1 aromatic rings. The minimum atomic E-state index is -0.926. The zero-order valence-corrected chi connectivity index (χ0v) is 12.1. The second kappa shape index (κ2) is 6.35. The number of benzene rings is 1. The fourth-order valence-electron chi connectivity index (χ4n) is 2.90. The van der Waals surface area contributed by atoms with Gasteiger partial charge in [0.05, 0.1) is 7.11 Å². The van der Waals surface area contributed by atoms with E-state index in [1.807, 2.05) is 0 Å². The SMILES string of the molecule is COC(=O)C(C)(NC1CCCCC1)c1ccc(F)cc1. The van der Waals surface area contributed by atoms with Crippen LogP contribution in [0.15, 0.2) is 24.3 Å². The van der Waals surface area contributed by atoms with E-state index in [0.717, 1.165) is 18.4 Å². The van der Waals surface area contributed by atoms with Gasteiger partial charge < -0.3 is 4.74 Å². The molecule has 1 atom stereocenters. The monoisotopic (exact) mass is 279 g/mol. The Morgan fingerprint density at radius 3 is 2.40 bits per heavy atom. The van der Waals surface area contributed by atoms with Crippen molar-refractivity contribution in [2.45, 2.75) is 50.6 Å². The van der Waals surface area contributed by atoms with E-state index in [9.17, 15) is 9.18 Å². The van der Waals surface area contributed by atoms with Crippen LogP contribution in [0.25, 0.3) is 0 Å². The highest BCUT2D eigenvalue weighted by Crippen LogP contribution is 2.27. The first-order valence-corrected chi connectivity index (χ1v) is 7.18. The van der Waals surface area contributed by atoms with Crippen molar-refractivity contribution in [3.63, 3.8) is 0 Å². The van der Waals surface area contributed by atoms with E-state index >= 15 is 0 Å². The van der Waals surface area contributed by atoms with Crippen molar-refractivity contribution >= 4 is 5.97 Å². The molecular formula is C16H22FNO2. The zero-order valence-electron chi connectivity index (χ0n) is 12.1. The van der Waals surface area contributed by atoms with Crippen molar-refractivity contribution in [2.75, 3.05) is 7.11 Å². The fraction of sp³-hybridized carbons (Fsp3) is 0.562. The van der Waals surface area contributed by atoms with Crippen molar-refractivity contribution in [1.82, 2.24) is 5.32 Å². The lowest BCUT2D eigenvalue weighted by Crippen LogP contribution is -2.52. The van der Waals surface area contributed by atoms with Gasteiger partial charge in [0, 0.05) is 6.04 Å². The van der Waals surface area contributed by atoms with Crippen LogP contribution >= 0.6 is 0 Å². The van der Waals surface area contributed by atoms with Crippen LogP contribution in [-0.4, -0.2) is 19.1 Å². The first-order chi connectivity index (χ1) is 9.56. The summed E-state index contributed by atoms with van der Waals surface area (Å²) in [7, 11) is 1.38. The molecule has 0 saturated heterocycles. The Hall–Kier alpha value is -1.42. The number of rotatable bonds is 4. The van der Waals surface area contributed by atoms with E-state index in [2.05, 4.69) is 5.32 Å². The van der Waals surface area contributed by atoms with Gasteiger partial charge in [-0.25, -0.2) is 9.18 Å². The Kier molecular flexibility index (Phi) is 4.76. The summed E-state index contributed by atoms with van der Waals surface area (Å²) in [6, 6.07) is 6.33. The minimum Gasteiger partial charge on any atom is -0.467 e. The molecule has 1 N–H and O–H groups in total. The van der Waals surface area contributed by atoms with Crippen LogP contribution in [0.5, 0.6) is 0 Å². The van der Waals surface area contributed by atoms with Gasteiger partial charge in [0.25, 0.3) is 0 Å². The first-order valence-electron chi connectivity index (χ1n) is 7.18. The standard InChI is InChI=1S/C16H22FNO2/c1-16(15(19)20-2,12-8-10-13(17)11-9-12)18-14-6-4-3-5-7-14/h8-11,14,18H,3-7H2,1-2H3. The lowest BCUT2D eigenvalue weighted by atomic mass is 9.87. The molecule has 0 bridgehead atoms. The van der Waals surface area contributed by atoms with E-state index in [1.165, 1.54) is 38.5 Å². The summed E-state index contributed by atoms with van der Waals surface area (Å²) >= 11 is 0. The second-order valence-corrected chi connectivity index (χ2v) is 5.60. The molecule has 2 rings (SSSR count). The highest BCUT2D eigenvalue weighted by Gasteiger charge is 2.38. The Balaban J connectivity index is 2.24. The van der Waals surface area contributed by atoms with Crippen molar-refractivity contribution in [3.05, 3.63) is 35.6 Å². The fourth-order valence-corrected chi connectivity index (χ4v) is 2.90. The van der Waals surface area contributed by atoms with Gasteiger partial charge in [-0.15, -0.1) is 0 Å². The summed E-state index contributed by atoms with van der Waals surface area (Å²) in [6.07, 6.45) is 5.74. The molecule has 1 aromatic carbocycles. The number of halogens is 1. The highest BCUT2D eigenvalue weighted by molar-refractivity contribution is 5.82. The molecular weight excluding hydrogens is 257 g/mol. The van der Waals surface area contributed by atoms with Gasteiger partial charge in [0.2, 0.25) is 0 Å². The number of carbonyl (C=O) groups excluding carboxylic acids is 1. The number of hydrogen-bond acceptors (Lipinski definition) is 3. The molecule has 0 aromatic heterocycles. The first kappa shape index (κ1) is 15.0. The van der Waals surface area contributed by atoms with Gasteiger partial charge in [-0.3, -0.25) is 5.32 Å². The molecule has 1 aliphatic carbocycles. The third kappa shape index (κ3) is 3.18. The molecule has 1 unspecified atom stereocenters. The summed E-state index contributed by atoms with van der Waals surface area (Å²) in [5, 5.41) is 3.42. The molecule has 0 aliphatic heterocycles. The Morgan fingerprint density at radius 2 is 1.85 bits per heavy atom. The number of carbonyl (C=O) groups is 1. The van der Waals surface area contributed by atoms with Crippen LogP contribution in [0.4, 0.5) is 4.39 Å². The molecule has 0 amide bonds. The highest BCUT2D eigenvalue weighted by atomic mass is 19.1. The van der Waals surface area contributed by atoms with Crippen LogP contribution in [-0.2, 0) is 15.1 Å². The number of ether oxygens (including phenoxy) is 1. The predicted octanol–water partition coefficient (Wildman–Crippen LogP) is 3.14. The summed E-state index contributed by atoms with van der Waals surface area (Å²) < 4.78 is 18.0. The van der Waals surface area contributed by atoms with E-state index in [1.54, 1.807) is 19.1 Å². The van der Waals surface area contributed by atoms with Crippen molar-refractivity contribution < 1.29 is 13.9 Å². The van der Waals surface area contributed by atoms with Crippen LogP contribution < -0.4 is 5.32 Å². The number of methoxy groups -OCH3 is 1. The lowest BCUT2D eigenvalue weighted by molar-refractivity contribution is -0.148. The molecule has 1 saturated carbocycles. The average molecular weight is 279 g/mol. The largest absolute Gasteiger partial charge is 0.467 e. The molecule has 3 nitrogen and oxygen atoms in total. The Bertz CT molecular complexity index is 454. The van der Waals surface area contributed by atoms with Crippen molar-refractivity contribution in [1.29, 1.82) is 0 Å². The minimum absolute atomic E-state index is 0.304. The topological polar surface area (TPSA) is 38.3 Å². The predicted molar refractivity (Wildman–Crippen MR) is 75.8 cm³/mol. The summed E-state index contributed by atoms with van der Waals surface area (Å²) in [5.74, 6) is -0.645. The second-order valence-electron chi connectivity index (χ2n) is 5.60. The van der Waals surface area contributed by atoms with E-state index < -0.39 is 5.54 Å². The quantitative estimate of drug-likeness (QED) is 0.861. The number of esters is 1. The molecule has 1 aliphatic rings. The maximum absolute atomic E-state index is 13.1. The number of nitrogens with one attached hydrogen (secondary N) is 1. The van der Waals surface area contributed by atoms with Gasteiger partial charge in [0.15, 0.2) is 0 Å². The third-order valence-corrected chi connectivity index (χ3v) is 4.11. The Labute approximate surface area is 119 Å². The summed E-state index contributed by atoms with van der Waals surface area (Å²) in [4.78, 5) is 12.2. The van der Waals surface area contributed by atoms with Gasteiger partial charge in [-0.1, -0.05) is 31.4 Å². The molecule has 1 fully saturated rings. The molecule has 0 heterocycles. The van der Waals surface area contributed by atoms with E-state index in [-0.39, 0.29) is 11.8 Å². The van der Waals surface area contributed by atoms with Gasteiger partial charge in [-0.05, 0) is 37.5 Å². The molecule has 20 heavy (non-hydrogen) atoms. The molecule has 0 spiro atoms. The lowest BCUT2D eigenvalue weighted by Gasteiger charge is -2.35. The zero-order chi connectivity index (χ0) is 14.6. The summed E-state index contributed by atoms with van der Waals surface area (Å²) in [5.41, 5.74) is -0.193. The van der Waals surface area contributed by atoms with Gasteiger partial charge in [0.1, 0.15) is 11.4 Å². The maximum atomic E-state index is 13.1. The Morgan fingerprint density at radius 1 is 1.25 bits per heavy atom. The average Bonchev–Trinajstić information content (AvgIpc) is 2.48. The molecule has 110 valence electrons. The van der Waals surface area contributed by atoms with Gasteiger partial charge >= 0.3 is 5.97 Å². The van der Waals surface area contributed by atoms with Crippen LogP contribution in [0.1, 0.15) is 44.6 Å². The summed E-state index contributed by atoms with van der Waals surface area (Å²) in [6.45, 7) is 1.81. The van der Waals surface area contributed by atoms with Crippen LogP contribution in [0, 0.1) is 5.82 Å². The van der Waals surface area contributed by atoms with Crippen LogP contribution in [0.3, 0.4) is 0 Å². The van der Waals surface area contributed by atoms with Gasteiger partial charge in [-0.2, -0.15) is 0 Å². The van der Waals surface area contributed by atoms with E-state index in [4.69, 9.17) is 4.74 Å². The maximum Gasteiger partial charge on any atom is 0.330 e. The van der Waals surface area contributed by atoms with E-state index in [0.29, 0.717) is 6.04 Å². The van der Waals surface area contributed by atoms with Crippen molar-refractivity contribution in [3.8, 4) is 0 Å². The normalized spacial score (nSPS) is 19.4.